The third kappa shape index (κ3) is 5.30. The quantitative estimate of drug-likeness (QED) is 0.582. The fourth-order valence-electron chi connectivity index (χ4n) is 2.48. The first-order valence-electron chi connectivity index (χ1n) is 8.38. The number of aromatic nitrogens is 3. The molecule has 8 nitrogen and oxygen atoms in total. The van der Waals surface area contributed by atoms with Crippen molar-refractivity contribution < 1.29 is 19.0 Å². The first-order chi connectivity index (χ1) is 12.2. The highest BCUT2D eigenvalue weighted by Gasteiger charge is 2.20. The topological polar surface area (TPSA) is 87.5 Å². The van der Waals surface area contributed by atoms with Crippen LogP contribution >= 0.6 is 11.6 Å². The lowest BCUT2D eigenvalue weighted by atomic mass is 10.2. The Kier molecular flexibility index (Phi) is 6.80. The fourth-order valence-corrected chi connectivity index (χ4v) is 2.61. The van der Waals surface area contributed by atoms with Crippen LogP contribution in [0.4, 0.5) is 4.79 Å². The number of fused-ring (bicyclic) bond motifs is 1. The fraction of sp³-hybridized carbons (Fsp3) is 0.588. The predicted molar refractivity (Wildman–Crippen MR) is 98.2 cm³/mol. The van der Waals surface area contributed by atoms with Gasteiger partial charge in [0.2, 0.25) is 5.28 Å². The average Bonchev–Trinajstić information content (AvgIpc) is 2.89. The van der Waals surface area contributed by atoms with Crippen LogP contribution in [-0.2, 0) is 20.8 Å². The van der Waals surface area contributed by atoms with E-state index in [4.69, 9.17) is 25.8 Å². The van der Waals surface area contributed by atoms with Crippen LogP contribution in [0.2, 0.25) is 5.28 Å². The van der Waals surface area contributed by atoms with Gasteiger partial charge in [0.1, 0.15) is 11.2 Å². The number of carbonyl (C=O) groups is 1. The van der Waals surface area contributed by atoms with Crippen molar-refractivity contribution in [1.82, 2.24) is 19.9 Å². The smallest absolute Gasteiger partial charge is 0.407 e. The summed E-state index contributed by atoms with van der Waals surface area (Å²) in [6.45, 7) is 8.60. The number of ether oxygens (including phenoxy) is 3. The molecule has 0 saturated heterocycles. The van der Waals surface area contributed by atoms with Gasteiger partial charge in [-0.1, -0.05) is 0 Å². The number of rotatable bonds is 7. The van der Waals surface area contributed by atoms with E-state index in [-0.39, 0.29) is 5.28 Å². The molecular weight excluding hydrogens is 360 g/mol. The minimum Gasteiger partial charge on any atom is -0.444 e. The van der Waals surface area contributed by atoms with E-state index in [2.05, 4.69) is 15.3 Å². The molecule has 0 saturated carbocycles. The van der Waals surface area contributed by atoms with Crippen molar-refractivity contribution in [3.63, 3.8) is 0 Å². The molecular formula is C17H25ClN4O4. The van der Waals surface area contributed by atoms with Crippen molar-refractivity contribution in [1.29, 1.82) is 0 Å². The molecule has 0 aliphatic heterocycles. The monoisotopic (exact) mass is 384 g/mol. The van der Waals surface area contributed by atoms with Crippen molar-refractivity contribution >= 4 is 28.7 Å². The van der Waals surface area contributed by atoms with Crippen LogP contribution in [0.15, 0.2) is 12.3 Å². The van der Waals surface area contributed by atoms with Crippen LogP contribution in [0.3, 0.4) is 0 Å². The molecule has 2 aromatic heterocycles. The number of hydrogen-bond donors (Lipinski definition) is 1. The molecule has 1 N–H and O–H groups in total. The second-order valence-corrected chi connectivity index (χ2v) is 6.93. The van der Waals surface area contributed by atoms with E-state index in [9.17, 15) is 4.79 Å². The zero-order valence-electron chi connectivity index (χ0n) is 15.7. The minimum absolute atomic E-state index is 0.147. The third-order valence-corrected chi connectivity index (χ3v) is 3.60. The van der Waals surface area contributed by atoms with Crippen LogP contribution in [0.25, 0.3) is 11.0 Å². The van der Waals surface area contributed by atoms with Gasteiger partial charge in [-0.15, -0.1) is 0 Å². The van der Waals surface area contributed by atoms with E-state index in [1.807, 2.05) is 38.3 Å². The van der Waals surface area contributed by atoms with Gasteiger partial charge in [0.15, 0.2) is 6.29 Å². The summed E-state index contributed by atoms with van der Waals surface area (Å²) in [5.74, 6) is 0. The Balaban J connectivity index is 2.23. The molecule has 26 heavy (non-hydrogen) atoms. The Morgan fingerprint density at radius 2 is 2.15 bits per heavy atom. The molecule has 2 rings (SSSR count). The number of hydrogen-bond acceptors (Lipinski definition) is 6. The summed E-state index contributed by atoms with van der Waals surface area (Å²) in [7, 11) is 1.57. The summed E-state index contributed by atoms with van der Waals surface area (Å²) in [5.41, 5.74) is 0.867. The van der Waals surface area contributed by atoms with Crippen molar-refractivity contribution in [2.24, 2.45) is 0 Å². The number of methoxy groups -OCH3 is 1. The van der Waals surface area contributed by atoms with Crippen molar-refractivity contribution in [2.45, 2.75) is 46.1 Å². The highest BCUT2D eigenvalue weighted by atomic mass is 35.5. The van der Waals surface area contributed by atoms with Crippen LogP contribution in [-0.4, -0.2) is 46.5 Å². The SMILES string of the molecule is CCOC(OC)c1cc2cnc(Cl)nc2n1CCNC(=O)OC(C)(C)C. The molecule has 9 heteroatoms. The lowest BCUT2D eigenvalue weighted by molar-refractivity contribution is -0.128. The van der Waals surface area contributed by atoms with E-state index >= 15 is 0 Å². The van der Waals surface area contributed by atoms with E-state index in [0.717, 1.165) is 11.1 Å². The largest absolute Gasteiger partial charge is 0.444 e. The number of halogens is 1. The molecule has 2 heterocycles. The highest BCUT2D eigenvalue weighted by molar-refractivity contribution is 6.28. The summed E-state index contributed by atoms with van der Waals surface area (Å²) in [5, 5.41) is 3.69. The lowest BCUT2D eigenvalue weighted by Gasteiger charge is -2.21. The molecule has 0 bridgehead atoms. The number of nitrogens with zero attached hydrogens (tertiary/aromatic N) is 3. The summed E-state index contributed by atoms with van der Waals surface area (Å²) >= 11 is 5.94. The average molecular weight is 385 g/mol. The van der Waals surface area contributed by atoms with Gasteiger partial charge in [0.05, 0.1) is 5.69 Å². The number of alkyl carbamates (subject to hydrolysis) is 1. The Hall–Kier alpha value is -1.90. The van der Waals surface area contributed by atoms with Gasteiger partial charge in [-0.25, -0.2) is 9.78 Å². The van der Waals surface area contributed by atoms with E-state index in [1.54, 1.807) is 13.3 Å². The van der Waals surface area contributed by atoms with Crippen molar-refractivity contribution in [2.75, 3.05) is 20.3 Å². The van der Waals surface area contributed by atoms with Gasteiger partial charge in [0.25, 0.3) is 0 Å². The van der Waals surface area contributed by atoms with Crippen LogP contribution in [0, 0.1) is 0 Å². The molecule has 2 aromatic rings. The third-order valence-electron chi connectivity index (χ3n) is 3.41. The van der Waals surface area contributed by atoms with Crippen molar-refractivity contribution in [3.8, 4) is 0 Å². The summed E-state index contributed by atoms with van der Waals surface area (Å²) in [6.07, 6.45) is 0.607. The molecule has 0 fully saturated rings. The van der Waals surface area contributed by atoms with Gasteiger partial charge < -0.3 is 24.1 Å². The molecule has 1 atom stereocenters. The first-order valence-corrected chi connectivity index (χ1v) is 8.76. The van der Waals surface area contributed by atoms with E-state index in [1.165, 1.54) is 0 Å². The predicted octanol–water partition coefficient (Wildman–Crippen LogP) is 3.29. The Bertz CT molecular complexity index is 757. The van der Waals surface area contributed by atoms with Gasteiger partial charge in [-0.05, 0) is 45.4 Å². The number of carbonyl (C=O) groups excluding carboxylic acids is 1. The maximum absolute atomic E-state index is 11.8. The molecule has 0 aromatic carbocycles. The molecule has 0 radical (unpaired) electrons. The molecule has 144 valence electrons. The Morgan fingerprint density at radius 1 is 1.42 bits per heavy atom. The molecule has 0 spiro atoms. The molecule has 1 unspecified atom stereocenters. The van der Waals surface area contributed by atoms with E-state index < -0.39 is 18.0 Å². The molecule has 0 aliphatic carbocycles. The lowest BCUT2D eigenvalue weighted by Crippen LogP contribution is -2.34. The first kappa shape index (κ1) is 20.4. The number of amides is 1. The molecule has 1 amide bonds. The van der Waals surface area contributed by atoms with Crippen molar-refractivity contribution in [3.05, 3.63) is 23.2 Å². The van der Waals surface area contributed by atoms with Crippen LogP contribution in [0.5, 0.6) is 0 Å². The number of nitrogens with one attached hydrogen (secondary N) is 1. The van der Waals surface area contributed by atoms with Crippen LogP contribution < -0.4 is 5.32 Å². The molecule has 0 aliphatic rings. The zero-order valence-corrected chi connectivity index (χ0v) is 16.5. The zero-order chi connectivity index (χ0) is 19.3. The summed E-state index contributed by atoms with van der Waals surface area (Å²) in [6, 6.07) is 1.89. The maximum Gasteiger partial charge on any atom is 0.407 e. The normalized spacial score (nSPS) is 13.0. The second kappa shape index (κ2) is 8.66. The van der Waals surface area contributed by atoms with Gasteiger partial charge in [-0.2, -0.15) is 4.98 Å². The summed E-state index contributed by atoms with van der Waals surface area (Å²) < 4.78 is 18.2. The Morgan fingerprint density at radius 3 is 2.77 bits per heavy atom. The second-order valence-electron chi connectivity index (χ2n) is 6.59. The van der Waals surface area contributed by atoms with Gasteiger partial charge in [0, 0.05) is 38.4 Å². The van der Waals surface area contributed by atoms with E-state index in [0.29, 0.717) is 25.3 Å². The maximum atomic E-state index is 11.8. The Labute approximate surface area is 157 Å². The van der Waals surface area contributed by atoms with Gasteiger partial charge in [-0.3, -0.25) is 0 Å². The standard InChI is InChI=1S/C17H25ClN4O4/c1-6-25-14(24-5)12-9-11-10-20-15(18)21-13(11)22(12)8-7-19-16(23)26-17(2,3)4/h9-10,14H,6-8H2,1-5H3,(H,19,23). The highest BCUT2D eigenvalue weighted by Crippen LogP contribution is 2.26. The van der Waals surface area contributed by atoms with Crippen LogP contribution in [0.1, 0.15) is 39.7 Å². The minimum atomic E-state index is -0.561. The summed E-state index contributed by atoms with van der Waals surface area (Å²) in [4.78, 5) is 20.1. The van der Waals surface area contributed by atoms with Gasteiger partial charge >= 0.3 is 6.09 Å².